The third-order valence-electron chi connectivity index (χ3n) is 3.75. The van der Waals surface area contributed by atoms with Crippen molar-refractivity contribution in [3.05, 3.63) is 45.5 Å². The molecule has 2 aromatic rings. The summed E-state index contributed by atoms with van der Waals surface area (Å²) < 4.78 is 1.87. The number of carbonyl (C=O) groups excluding carboxylic acids is 1. The Morgan fingerprint density at radius 2 is 2.24 bits per heavy atom. The van der Waals surface area contributed by atoms with E-state index in [1.165, 1.54) is 18.0 Å². The van der Waals surface area contributed by atoms with Crippen molar-refractivity contribution in [3.8, 4) is 0 Å². The van der Waals surface area contributed by atoms with Crippen LogP contribution in [0.15, 0.2) is 18.5 Å². The number of halogens is 2. The van der Waals surface area contributed by atoms with Crippen molar-refractivity contribution < 1.29 is 4.79 Å². The largest absolute Gasteiger partial charge is 0.345 e. The van der Waals surface area contributed by atoms with Crippen molar-refractivity contribution in [3.63, 3.8) is 0 Å². The lowest BCUT2D eigenvalue weighted by atomic mass is 9.93. The van der Waals surface area contributed by atoms with Crippen molar-refractivity contribution in [2.75, 3.05) is 0 Å². The number of hydrogen-bond donors (Lipinski definition) is 1. The van der Waals surface area contributed by atoms with E-state index in [4.69, 9.17) is 23.2 Å². The predicted molar refractivity (Wildman–Crippen MR) is 80.6 cm³/mol. The van der Waals surface area contributed by atoms with Crippen LogP contribution in [0.5, 0.6) is 0 Å². The first-order valence-corrected chi connectivity index (χ1v) is 7.44. The number of hydrogen-bond acceptors (Lipinski definition) is 3. The fourth-order valence-corrected chi connectivity index (χ4v) is 3.03. The van der Waals surface area contributed by atoms with Crippen LogP contribution >= 0.6 is 23.2 Å². The van der Waals surface area contributed by atoms with E-state index < -0.39 is 0 Å². The molecule has 1 amide bonds. The van der Waals surface area contributed by atoms with Gasteiger partial charge in [-0.25, -0.2) is 4.98 Å². The van der Waals surface area contributed by atoms with Crippen LogP contribution in [0, 0.1) is 0 Å². The number of aryl methyl sites for hydroxylation is 1. The molecule has 21 heavy (non-hydrogen) atoms. The molecular formula is C14H14Cl2N4O. The second kappa shape index (κ2) is 5.66. The van der Waals surface area contributed by atoms with Gasteiger partial charge in [0.1, 0.15) is 5.15 Å². The molecule has 0 spiro atoms. The van der Waals surface area contributed by atoms with Crippen LogP contribution in [-0.4, -0.2) is 20.7 Å². The van der Waals surface area contributed by atoms with Gasteiger partial charge in [-0.3, -0.25) is 9.48 Å². The highest BCUT2D eigenvalue weighted by atomic mass is 35.5. The van der Waals surface area contributed by atoms with E-state index in [2.05, 4.69) is 15.4 Å². The first kappa shape index (κ1) is 14.4. The fraction of sp³-hybridized carbons (Fsp3) is 0.357. The number of pyridine rings is 1. The van der Waals surface area contributed by atoms with E-state index >= 15 is 0 Å². The van der Waals surface area contributed by atoms with Crippen molar-refractivity contribution in [2.45, 2.75) is 25.3 Å². The van der Waals surface area contributed by atoms with E-state index in [9.17, 15) is 4.79 Å². The molecule has 0 aromatic carbocycles. The molecule has 1 N–H and O–H groups in total. The zero-order valence-electron chi connectivity index (χ0n) is 11.4. The van der Waals surface area contributed by atoms with Crippen LogP contribution in [-0.2, 0) is 13.5 Å². The van der Waals surface area contributed by atoms with Crippen molar-refractivity contribution in [2.24, 2.45) is 7.05 Å². The molecule has 110 valence electrons. The molecule has 5 nitrogen and oxygen atoms in total. The molecule has 1 unspecified atom stereocenters. The highest BCUT2D eigenvalue weighted by molar-refractivity contribution is 6.35. The summed E-state index contributed by atoms with van der Waals surface area (Å²) in [6, 6.07) is 1.43. The lowest BCUT2D eigenvalue weighted by molar-refractivity contribution is 0.0932. The topological polar surface area (TPSA) is 59.8 Å². The number of aromatic nitrogens is 3. The normalized spacial score (nSPS) is 17.4. The Hall–Kier alpha value is -1.59. The number of fused-ring (bicyclic) bond motifs is 1. The summed E-state index contributed by atoms with van der Waals surface area (Å²) in [6.07, 6.45) is 6.10. The van der Waals surface area contributed by atoms with E-state index in [0.717, 1.165) is 24.8 Å². The molecule has 1 aliphatic carbocycles. The zero-order valence-corrected chi connectivity index (χ0v) is 12.9. The summed E-state index contributed by atoms with van der Waals surface area (Å²) in [5, 5.41) is 7.81. The lowest BCUT2D eigenvalue weighted by Gasteiger charge is -2.24. The molecule has 2 heterocycles. The van der Waals surface area contributed by atoms with Crippen LogP contribution in [0.4, 0.5) is 0 Å². The third-order valence-corrected chi connectivity index (χ3v) is 4.26. The minimum absolute atomic E-state index is 0.0436. The number of carbonyl (C=O) groups is 1. The molecule has 0 bridgehead atoms. The highest BCUT2D eigenvalue weighted by Crippen LogP contribution is 2.30. The Balaban J connectivity index is 1.84. The molecule has 0 saturated carbocycles. The van der Waals surface area contributed by atoms with Gasteiger partial charge in [0.05, 0.1) is 22.8 Å². The van der Waals surface area contributed by atoms with E-state index in [0.29, 0.717) is 10.6 Å². The zero-order chi connectivity index (χ0) is 15.0. The molecule has 1 atom stereocenters. The van der Waals surface area contributed by atoms with Crippen molar-refractivity contribution >= 4 is 29.1 Å². The second-order valence-corrected chi connectivity index (χ2v) is 5.87. The third kappa shape index (κ3) is 2.76. The number of amides is 1. The number of nitrogens with zero attached hydrogens (tertiary/aromatic N) is 3. The first-order valence-electron chi connectivity index (χ1n) is 6.69. The van der Waals surface area contributed by atoms with Crippen LogP contribution in [0.3, 0.4) is 0 Å². The van der Waals surface area contributed by atoms with E-state index in [-0.39, 0.29) is 17.1 Å². The molecule has 1 aliphatic rings. The smallest absolute Gasteiger partial charge is 0.253 e. The fourth-order valence-electron chi connectivity index (χ4n) is 2.68. The van der Waals surface area contributed by atoms with Gasteiger partial charge in [0.15, 0.2) is 0 Å². The van der Waals surface area contributed by atoms with Gasteiger partial charge in [0.25, 0.3) is 5.91 Å². The average Bonchev–Trinajstić information content (AvgIpc) is 2.84. The quantitative estimate of drug-likeness (QED) is 0.864. The molecule has 3 rings (SSSR count). The Bertz CT molecular complexity index is 698. The monoisotopic (exact) mass is 324 g/mol. The van der Waals surface area contributed by atoms with Crippen LogP contribution in [0.1, 0.15) is 40.5 Å². The number of rotatable bonds is 2. The summed E-state index contributed by atoms with van der Waals surface area (Å²) in [6.45, 7) is 0. The standard InChI is InChI=1S/C14H14Cl2N4O/c1-20-12-4-2-3-11(9(12)6-18-20)19-14(21)8-5-13(16)17-7-10(8)15/h5-7,11H,2-4H2,1H3,(H,19,21). The Morgan fingerprint density at radius 3 is 3.05 bits per heavy atom. The molecule has 0 radical (unpaired) electrons. The van der Waals surface area contributed by atoms with Crippen LogP contribution < -0.4 is 5.32 Å². The Kier molecular flexibility index (Phi) is 3.87. The van der Waals surface area contributed by atoms with Crippen molar-refractivity contribution in [1.82, 2.24) is 20.1 Å². The number of nitrogens with one attached hydrogen (secondary N) is 1. The van der Waals surface area contributed by atoms with Gasteiger partial charge in [-0.15, -0.1) is 0 Å². The maximum absolute atomic E-state index is 12.4. The summed E-state index contributed by atoms with van der Waals surface area (Å²) in [5.41, 5.74) is 2.59. The van der Waals surface area contributed by atoms with Crippen LogP contribution in [0.25, 0.3) is 0 Å². The maximum Gasteiger partial charge on any atom is 0.253 e. The highest BCUT2D eigenvalue weighted by Gasteiger charge is 2.25. The van der Waals surface area contributed by atoms with Gasteiger partial charge < -0.3 is 5.32 Å². The second-order valence-electron chi connectivity index (χ2n) is 5.08. The average molecular weight is 325 g/mol. The van der Waals surface area contributed by atoms with Gasteiger partial charge in [0.2, 0.25) is 0 Å². The predicted octanol–water partition coefficient (Wildman–Crippen LogP) is 2.93. The lowest BCUT2D eigenvalue weighted by Crippen LogP contribution is -2.31. The summed E-state index contributed by atoms with van der Waals surface area (Å²) in [4.78, 5) is 16.2. The van der Waals surface area contributed by atoms with Gasteiger partial charge in [-0.2, -0.15) is 5.10 Å². The minimum Gasteiger partial charge on any atom is -0.345 e. The molecule has 0 aliphatic heterocycles. The van der Waals surface area contributed by atoms with Gasteiger partial charge in [-0.1, -0.05) is 23.2 Å². The molecular weight excluding hydrogens is 311 g/mol. The van der Waals surface area contributed by atoms with Crippen LogP contribution in [0.2, 0.25) is 10.2 Å². The Labute approximate surface area is 132 Å². The van der Waals surface area contributed by atoms with Gasteiger partial charge >= 0.3 is 0 Å². The maximum atomic E-state index is 12.4. The van der Waals surface area contributed by atoms with Gasteiger partial charge in [-0.05, 0) is 25.3 Å². The van der Waals surface area contributed by atoms with E-state index in [1.807, 2.05) is 17.9 Å². The first-order chi connectivity index (χ1) is 10.1. The van der Waals surface area contributed by atoms with Crippen molar-refractivity contribution in [1.29, 1.82) is 0 Å². The molecule has 7 heteroatoms. The Morgan fingerprint density at radius 1 is 1.43 bits per heavy atom. The molecule has 2 aromatic heterocycles. The SMILES string of the molecule is Cn1ncc2c1CCCC2NC(=O)c1cc(Cl)ncc1Cl. The summed E-state index contributed by atoms with van der Waals surface area (Å²) in [7, 11) is 1.92. The summed E-state index contributed by atoms with van der Waals surface area (Å²) >= 11 is 11.8. The van der Waals surface area contributed by atoms with Gasteiger partial charge in [0, 0.05) is 24.5 Å². The van der Waals surface area contributed by atoms with E-state index in [1.54, 1.807) is 0 Å². The minimum atomic E-state index is -0.244. The summed E-state index contributed by atoms with van der Waals surface area (Å²) in [5.74, 6) is -0.244. The molecule has 0 fully saturated rings. The molecule has 0 saturated heterocycles.